The van der Waals surface area contributed by atoms with Crippen molar-refractivity contribution in [1.82, 2.24) is 20.2 Å². The third-order valence-electron chi connectivity index (χ3n) is 3.50. The number of aromatic nitrogens is 2. The van der Waals surface area contributed by atoms with Gasteiger partial charge in [-0.1, -0.05) is 0 Å². The molecule has 1 aromatic heterocycles. The standard InChI is InChI=1S/C14H19N5O/c1-9-7-15-14(17-9)16-8-13-18-11-6-10(20-3)4-5-12(11)19(13)2/h4-6,9H,7-8H2,1-3H3,(H2,15,16,17). The summed E-state index contributed by atoms with van der Waals surface area (Å²) >= 11 is 0. The topological polar surface area (TPSA) is 63.5 Å². The summed E-state index contributed by atoms with van der Waals surface area (Å²) in [7, 11) is 3.68. The smallest absolute Gasteiger partial charge is 0.191 e. The number of nitrogens with zero attached hydrogens (tertiary/aromatic N) is 3. The number of imidazole rings is 1. The fourth-order valence-electron chi connectivity index (χ4n) is 2.34. The largest absolute Gasteiger partial charge is 0.497 e. The molecule has 2 heterocycles. The zero-order valence-corrected chi connectivity index (χ0v) is 12.0. The van der Waals surface area contributed by atoms with Gasteiger partial charge in [0.25, 0.3) is 0 Å². The number of ether oxygens (including phenoxy) is 1. The van der Waals surface area contributed by atoms with Crippen molar-refractivity contribution in [3.63, 3.8) is 0 Å². The number of aliphatic imine (C=N–C) groups is 1. The van der Waals surface area contributed by atoms with Gasteiger partial charge in [-0.15, -0.1) is 0 Å². The maximum Gasteiger partial charge on any atom is 0.191 e. The molecular weight excluding hydrogens is 254 g/mol. The minimum absolute atomic E-state index is 0.405. The normalized spacial score (nSPS) is 17.9. The second-order valence-corrected chi connectivity index (χ2v) is 5.03. The Morgan fingerprint density at radius 3 is 3.05 bits per heavy atom. The van der Waals surface area contributed by atoms with Crippen molar-refractivity contribution in [1.29, 1.82) is 0 Å². The quantitative estimate of drug-likeness (QED) is 0.876. The number of methoxy groups -OCH3 is 1. The Labute approximate surface area is 117 Å². The van der Waals surface area contributed by atoms with Crippen LogP contribution in [0.3, 0.4) is 0 Å². The van der Waals surface area contributed by atoms with E-state index < -0.39 is 0 Å². The number of nitrogens with one attached hydrogen (secondary N) is 2. The SMILES string of the molecule is COc1ccc2c(c1)nc(CNC1=NCC(C)N1)n2C. The van der Waals surface area contributed by atoms with Crippen molar-refractivity contribution in [3.05, 3.63) is 24.0 Å². The number of aryl methyl sites for hydroxylation is 1. The lowest BCUT2D eigenvalue weighted by molar-refractivity contribution is 0.415. The van der Waals surface area contributed by atoms with Crippen molar-refractivity contribution in [2.45, 2.75) is 19.5 Å². The van der Waals surface area contributed by atoms with Crippen LogP contribution in [0, 0.1) is 0 Å². The molecule has 1 atom stereocenters. The van der Waals surface area contributed by atoms with Crippen LogP contribution in [0.15, 0.2) is 23.2 Å². The van der Waals surface area contributed by atoms with Crippen LogP contribution in [0.1, 0.15) is 12.7 Å². The van der Waals surface area contributed by atoms with Crippen molar-refractivity contribution in [2.75, 3.05) is 13.7 Å². The van der Waals surface area contributed by atoms with Crippen LogP contribution in [0.5, 0.6) is 5.75 Å². The molecular formula is C14H19N5O. The Bertz CT molecular complexity index is 661. The van der Waals surface area contributed by atoms with E-state index in [-0.39, 0.29) is 0 Å². The zero-order valence-electron chi connectivity index (χ0n) is 12.0. The molecule has 2 aromatic rings. The molecule has 1 aromatic carbocycles. The van der Waals surface area contributed by atoms with Crippen molar-refractivity contribution in [2.24, 2.45) is 12.0 Å². The predicted molar refractivity (Wildman–Crippen MR) is 79.0 cm³/mol. The first-order chi connectivity index (χ1) is 9.67. The third kappa shape index (κ3) is 2.29. The summed E-state index contributed by atoms with van der Waals surface area (Å²) in [6.07, 6.45) is 0. The first-order valence-corrected chi connectivity index (χ1v) is 6.71. The lowest BCUT2D eigenvalue weighted by Crippen LogP contribution is -2.37. The van der Waals surface area contributed by atoms with E-state index in [0.717, 1.165) is 35.1 Å². The molecule has 0 saturated carbocycles. The second kappa shape index (κ2) is 5.03. The second-order valence-electron chi connectivity index (χ2n) is 5.03. The molecule has 0 fully saturated rings. The summed E-state index contributed by atoms with van der Waals surface area (Å²) in [5.41, 5.74) is 2.04. The molecule has 0 amide bonds. The maximum absolute atomic E-state index is 5.23. The third-order valence-corrected chi connectivity index (χ3v) is 3.50. The first kappa shape index (κ1) is 12.8. The number of rotatable bonds is 3. The van der Waals surface area contributed by atoms with Gasteiger partial charge in [0, 0.05) is 19.2 Å². The molecule has 0 saturated heterocycles. The Kier molecular flexibility index (Phi) is 3.22. The molecule has 1 aliphatic heterocycles. The summed E-state index contributed by atoms with van der Waals surface area (Å²) in [6.45, 7) is 3.58. The molecule has 6 nitrogen and oxygen atoms in total. The molecule has 1 aliphatic rings. The highest BCUT2D eigenvalue weighted by Gasteiger charge is 2.13. The van der Waals surface area contributed by atoms with Crippen LogP contribution in [0.25, 0.3) is 11.0 Å². The lowest BCUT2D eigenvalue weighted by atomic mass is 10.3. The van der Waals surface area contributed by atoms with E-state index >= 15 is 0 Å². The monoisotopic (exact) mass is 273 g/mol. The van der Waals surface area contributed by atoms with E-state index in [2.05, 4.69) is 32.1 Å². The Hall–Kier alpha value is -2.24. The maximum atomic E-state index is 5.23. The summed E-state index contributed by atoms with van der Waals surface area (Å²) < 4.78 is 7.31. The van der Waals surface area contributed by atoms with Gasteiger partial charge in [-0.05, 0) is 19.1 Å². The van der Waals surface area contributed by atoms with Crippen LogP contribution in [-0.2, 0) is 13.6 Å². The van der Waals surface area contributed by atoms with Gasteiger partial charge in [0.2, 0.25) is 0 Å². The van der Waals surface area contributed by atoms with Gasteiger partial charge in [-0.3, -0.25) is 4.99 Å². The van der Waals surface area contributed by atoms with Crippen molar-refractivity contribution in [3.8, 4) is 5.75 Å². The molecule has 106 valence electrons. The summed E-state index contributed by atoms with van der Waals surface area (Å²) in [6, 6.07) is 6.33. The molecule has 3 rings (SSSR count). The van der Waals surface area contributed by atoms with E-state index in [1.165, 1.54) is 0 Å². The molecule has 6 heteroatoms. The first-order valence-electron chi connectivity index (χ1n) is 6.71. The van der Waals surface area contributed by atoms with Crippen molar-refractivity contribution >= 4 is 17.0 Å². The van der Waals surface area contributed by atoms with Crippen molar-refractivity contribution < 1.29 is 4.74 Å². The summed E-state index contributed by atoms with van der Waals surface area (Å²) in [4.78, 5) is 9.02. The van der Waals surface area contributed by atoms with Crippen LogP contribution < -0.4 is 15.4 Å². The zero-order chi connectivity index (χ0) is 14.1. The van der Waals surface area contributed by atoms with Gasteiger partial charge in [-0.25, -0.2) is 4.98 Å². The highest BCUT2D eigenvalue weighted by atomic mass is 16.5. The van der Waals surface area contributed by atoms with E-state index in [1.54, 1.807) is 7.11 Å². The Morgan fingerprint density at radius 2 is 2.35 bits per heavy atom. The average Bonchev–Trinajstić information content (AvgIpc) is 3.00. The van der Waals surface area contributed by atoms with Gasteiger partial charge in [0.15, 0.2) is 5.96 Å². The molecule has 2 N–H and O–H groups in total. The summed E-state index contributed by atoms with van der Waals surface area (Å²) in [5, 5.41) is 6.56. The molecule has 1 unspecified atom stereocenters. The number of hydrogen-bond donors (Lipinski definition) is 2. The van der Waals surface area contributed by atoms with Crippen LogP contribution in [0.4, 0.5) is 0 Å². The molecule has 0 bridgehead atoms. The van der Waals surface area contributed by atoms with Gasteiger partial charge in [0.1, 0.15) is 11.6 Å². The van der Waals surface area contributed by atoms with Gasteiger partial charge >= 0.3 is 0 Å². The Morgan fingerprint density at radius 1 is 1.50 bits per heavy atom. The van der Waals surface area contributed by atoms with Crippen LogP contribution in [0.2, 0.25) is 0 Å². The van der Waals surface area contributed by atoms with Gasteiger partial charge in [-0.2, -0.15) is 0 Å². The minimum Gasteiger partial charge on any atom is -0.497 e. The fourth-order valence-corrected chi connectivity index (χ4v) is 2.34. The summed E-state index contributed by atoms with van der Waals surface area (Å²) in [5.74, 6) is 2.64. The fraction of sp³-hybridized carbons (Fsp3) is 0.429. The number of guanidine groups is 1. The minimum atomic E-state index is 0.405. The van der Waals surface area contributed by atoms with Gasteiger partial charge < -0.3 is 19.9 Å². The highest BCUT2D eigenvalue weighted by Crippen LogP contribution is 2.20. The van der Waals surface area contributed by atoms with Crippen LogP contribution >= 0.6 is 0 Å². The molecule has 0 radical (unpaired) electrons. The number of hydrogen-bond acceptors (Lipinski definition) is 5. The number of benzene rings is 1. The van der Waals surface area contributed by atoms with Gasteiger partial charge in [0.05, 0.1) is 31.2 Å². The predicted octanol–water partition coefficient (Wildman–Crippen LogP) is 1.02. The molecule has 20 heavy (non-hydrogen) atoms. The lowest BCUT2D eigenvalue weighted by Gasteiger charge is -2.08. The van der Waals surface area contributed by atoms with Crippen LogP contribution in [-0.4, -0.2) is 35.2 Å². The highest BCUT2D eigenvalue weighted by molar-refractivity contribution is 5.82. The average molecular weight is 273 g/mol. The van der Waals surface area contributed by atoms with E-state index in [0.29, 0.717) is 12.6 Å². The molecule has 0 aliphatic carbocycles. The van der Waals surface area contributed by atoms with E-state index in [1.807, 2.05) is 25.2 Å². The van der Waals surface area contributed by atoms with E-state index in [4.69, 9.17) is 4.74 Å². The molecule has 0 spiro atoms. The number of fused-ring (bicyclic) bond motifs is 1. The Balaban J connectivity index is 1.79. The van der Waals surface area contributed by atoms with E-state index in [9.17, 15) is 0 Å².